The van der Waals surface area contributed by atoms with Crippen molar-refractivity contribution in [3.63, 3.8) is 0 Å². The second-order valence-electron chi connectivity index (χ2n) is 4.53. The third kappa shape index (κ3) is 4.66. The number of benzene rings is 2. The van der Waals surface area contributed by atoms with Crippen LogP contribution >= 0.6 is 27.5 Å². The maximum absolute atomic E-state index is 11.9. The molecular formula is C16H15BrClNO. The van der Waals surface area contributed by atoms with Gasteiger partial charge in [-0.05, 0) is 28.8 Å². The first-order chi connectivity index (χ1) is 9.67. The maximum Gasteiger partial charge on any atom is 0.224 e. The van der Waals surface area contributed by atoms with Gasteiger partial charge in [0.1, 0.15) is 0 Å². The highest BCUT2D eigenvalue weighted by Crippen LogP contribution is 2.11. The first-order valence-corrected chi connectivity index (χ1v) is 7.82. The van der Waals surface area contributed by atoms with Gasteiger partial charge in [0.15, 0.2) is 0 Å². The summed E-state index contributed by atoms with van der Waals surface area (Å²) in [5, 5.41) is 4.43. The molecule has 0 aliphatic heterocycles. The number of carbonyl (C=O) groups is 1. The van der Waals surface area contributed by atoms with E-state index in [1.807, 2.05) is 30.3 Å². The van der Waals surface area contributed by atoms with Crippen LogP contribution in [0.2, 0.25) is 5.02 Å². The Hall–Kier alpha value is -1.32. The molecule has 104 valence electrons. The van der Waals surface area contributed by atoms with E-state index in [0.717, 1.165) is 16.5 Å². The van der Waals surface area contributed by atoms with Gasteiger partial charge in [0.2, 0.25) is 5.91 Å². The molecule has 0 atom stereocenters. The zero-order valence-corrected chi connectivity index (χ0v) is 13.2. The number of hydrogen-bond donors (Lipinski definition) is 1. The van der Waals surface area contributed by atoms with Gasteiger partial charge in [-0.2, -0.15) is 0 Å². The van der Waals surface area contributed by atoms with Gasteiger partial charge in [-0.1, -0.05) is 63.9 Å². The van der Waals surface area contributed by atoms with Gasteiger partial charge in [0.25, 0.3) is 0 Å². The summed E-state index contributed by atoms with van der Waals surface area (Å²) in [7, 11) is 0. The predicted molar refractivity (Wildman–Crippen MR) is 86.1 cm³/mol. The fraction of sp³-hybridized carbons (Fsp3) is 0.188. The van der Waals surface area contributed by atoms with E-state index in [0.29, 0.717) is 18.0 Å². The molecule has 0 aromatic heterocycles. The number of alkyl halides is 1. The highest BCUT2D eigenvalue weighted by Gasteiger charge is 2.03. The number of amides is 1. The quantitative estimate of drug-likeness (QED) is 0.807. The average Bonchev–Trinajstić information content (AvgIpc) is 2.48. The van der Waals surface area contributed by atoms with E-state index in [1.54, 1.807) is 12.1 Å². The van der Waals surface area contributed by atoms with Crippen molar-refractivity contribution in [3.8, 4) is 0 Å². The van der Waals surface area contributed by atoms with Crippen LogP contribution in [0.15, 0.2) is 48.5 Å². The lowest BCUT2D eigenvalue weighted by Crippen LogP contribution is -2.24. The van der Waals surface area contributed by atoms with E-state index < -0.39 is 0 Å². The van der Waals surface area contributed by atoms with Crippen molar-refractivity contribution < 1.29 is 4.79 Å². The summed E-state index contributed by atoms with van der Waals surface area (Å²) in [6, 6.07) is 15.5. The lowest BCUT2D eigenvalue weighted by atomic mass is 10.1. The highest BCUT2D eigenvalue weighted by molar-refractivity contribution is 9.08. The molecule has 2 rings (SSSR count). The van der Waals surface area contributed by atoms with E-state index in [1.165, 1.54) is 5.56 Å². The molecule has 4 heteroatoms. The fourth-order valence-corrected chi connectivity index (χ4v) is 2.35. The van der Waals surface area contributed by atoms with Gasteiger partial charge < -0.3 is 5.32 Å². The Labute approximate surface area is 132 Å². The minimum Gasteiger partial charge on any atom is -0.352 e. The zero-order valence-electron chi connectivity index (χ0n) is 10.9. The monoisotopic (exact) mass is 351 g/mol. The SMILES string of the molecule is O=C(Cc1ccc(Cl)cc1)NCc1cccc(CBr)c1. The molecule has 0 aliphatic rings. The van der Waals surface area contributed by atoms with Crippen LogP contribution in [-0.2, 0) is 23.1 Å². The first kappa shape index (κ1) is 15.1. The third-order valence-electron chi connectivity index (χ3n) is 2.91. The Morgan fingerprint density at radius 2 is 1.75 bits per heavy atom. The first-order valence-electron chi connectivity index (χ1n) is 6.32. The molecule has 0 saturated heterocycles. The van der Waals surface area contributed by atoms with Crippen LogP contribution in [0.1, 0.15) is 16.7 Å². The molecule has 0 saturated carbocycles. The molecule has 0 unspecified atom stereocenters. The van der Waals surface area contributed by atoms with Crippen LogP contribution in [0.5, 0.6) is 0 Å². The summed E-state index contributed by atoms with van der Waals surface area (Å²) in [5.41, 5.74) is 3.27. The molecular weight excluding hydrogens is 338 g/mol. The second kappa shape index (κ2) is 7.46. The van der Waals surface area contributed by atoms with Crippen LogP contribution in [0.25, 0.3) is 0 Å². The summed E-state index contributed by atoms with van der Waals surface area (Å²) in [6.45, 7) is 0.549. The number of rotatable bonds is 5. The lowest BCUT2D eigenvalue weighted by Gasteiger charge is -2.07. The normalized spacial score (nSPS) is 10.3. The summed E-state index contributed by atoms with van der Waals surface area (Å²) in [6.07, 6.45) is 0.370. The zero-order chi connectivity index (χ0) is 14.4. The fourth-order valence-electron chi connectivity index (χ4n) is 1.87. The summed E-state index contributed by atoms with van der Waals surface area (Å²) < 4.78 is 0. The molecule has 2 aromatic carbocycles. The largest absolute Gasteiger partial charge is 0.352 e. The van der Waals surface area contributed by atoms with Crippen molar-refractivity contribution >= 4 is 33.4 Å². The van der Waals surface area contributed by atoms with Crippen molar-refractivity contribution in [3.05, 3.63) is 70.2 Å². The molecule has 1 amide bonds. The molecule has 0 spiro atoms. The standard InChI is InChI=1S/C16H15BrClNO/c17-10-13-2-1-3-14(8-13)11-19-16(20)9-12-4-6-15(18)7-5-12/h1-8H,9-11H2,(H,19,20). The van der Waals surface area contributed by atoms with E-state index >= 15 is 0 Å². The molecule has 0 fully saturated rings. The predicted octanol–water partition coefficient (Wildman–Crippen LogP) is 4.09. The van der Waals surface area contributed by atoms with Gasteiger partial charge in [-0.15, -0.1) is 0 Å². The van der Waals surface area contributed by atoms with E-state index in [-0.39, 0.29) is 5.91 Å². The Bertz CT molecular complexity index is 583. The van der Waals surface area contributed by atoms with Crippen molar-refractivity contribution in [1.29, 1.82) is 0 Å². The number of halogens is 2. The minimum absolute atomic E-state index is 0.0107. The Morgan fingerprint density at radius 1 is 1.05 bits per heavy atom. The minimum atomic E-state index is 0.0107. The van der Waals surface area contributed by atoms with E-state index in [9.17, 15) is 4.79 Å². The Kier molecular flexibility index (Phi) is 5.62. The van der Waals surface area contributed by atoms with Crippen LogP contribution in [0.3, 0.4) is 0 Å². The summed E-state index contributed by atoms with van der Waals surface area (Å²) in [5.74, 6) is 0.0107. The van der Waals surface area contributed by atoms with Crippen LogP contribution < -0.4 is 5.32 Å². The van der Waals surface area contributed by atoms with Crippen molar-refractivity contribution in [1.82, 2.24) is 5.32 Å². The summed E-state index contributed by atoms with van der Waals surface area (Å²) in [4.78, 5) is 11.9. The maximum atomic E-state index is 11.9. The van der Waals surface area contributed by atoms with Gasteiger partial charge in [-0.25, -0.2) is 0 Å². The van der Waals surface area contributed by atoms with Gasteiger partial charge in [0, 0.05) is 16.9 Å². The van der Waals surface area contributed by atoms with E-state index in [2.05, 4.69) is 27.3 Å². The lowest BCUT2D eigenvalue weighted by molar-refractivity contribution is -0.120. The van der Waals surface area contributed by atoms with E-state index in [4.69, 9.17) is 11.6 Å². The topological polar surface area (TPSA) is 29.1 Å². The van der Waals surface area contributed by atoms with Crippen LogP contribution in [0, 0.1) is 0 Å². The van der Waals surface area contributed by atoms with Gasteiger partial charge in [0.05, 0.1) is 6.42 Å². The van der Waals surface area contributed by atoms with Gasteiger partial charge >= 0.3 is 0 Å². The van der Waals surface area contributed by atoms with Crippen molar-refractivity contribution in [2.75, 3.05) is 0 Å². The van der Waals surface area contributed by atoms with Crippen molar-refractivity contribution in [2.45, 2.75) is 18.3 Å². The molecule has 20 heavy (non-hydrogen) atoms. The Balaban J connectivity index is 1.87. The molecule has 1 N–H and O–H groups in total. The van der Waals surface area contributed by atoms with Crippen LogP contribution in [-0.4, -0.2) is 5.91 Å². The number of carbonyl (C=O) groups excluding carboxylic acids is 1. The molecule has 2 aromatic rings. The molecule has 0 radical (unpaired) electrons. The second-order valence-corrected chi connectivity index (χ2v) is 5.53. The molecule has 0 bridgehead atoms. The number of nitrogens with one attached hydrogen (secondary N) is 1. The van der Waals surface area contributed by atoms with Crippen molar-refractivity contribution in [2.24, 2.45) is 0 Å². The highest BCUT2D eigenvalue weighted by atomic mass is 79.9. The smallest absolute Gasteiger partial charge is 0.224 e. The van der Waals surface area contributed by atoms with Gasteiger partial charge in [-0.3, -0.25) is 4.79 Å². The Morgan fingerprint density at radius 3 is 2.45 bits per heavy atom. The average molecular weight is 353 g/mol. The molecule has 0 aliphatic carbocycles. The third-order valence-corrected chi connectivity index (χ3v) is 3.81. The van der Waals surface area contributed by atoms with Crippen LogP contribution in [0.4, 0.5) is 0 Å². The molecule has 0 heterocycles. The number of hydrogen-bond acceptors (Lipinski definition) is 1. The summed E-state index contributed by atoms with van der Waals surface area (Å²) >= 11 is 9.24. The molecule has 2 nitrogen and oxygen atoms in total.